The number of ether oxygens (including phenoxy) is 1. The first-order chi connectivity index (χ1) is 9.21. The summed E-state index contributed by atoms with van der Waals surface area (Å²) in [5, 5.41) is 12.7. The van der Waals surface area contributed by atoms with Gasteiger partial charge in [0.1, 0.15) is 18.0 Å². The summed E-state index contributed by atoms with van der Waals surface area (Å²) < 4.78 is 5.74. The van der Waals surface area contributed by atoms with E-state index in [-0.39, 0.29) is 13.2 Å². The zero-order chi connectivity index (χ0) is 13.3. The Hall–Kier alpha value is -1.58. The van der Waals surface area contributed by atoms with Crippen molar-refractivity contribution in [3.8, 4) is 5.75 Å². The Kier molecular flexibility index (Phi) is 3.17. The van der Waals surface area contributed by atoms with Gasteiger partial charge in [-0.1, -0.05) is 30.3 Å². The molecule has 3 N–H and O–H groups in total. The van der Waals surface area contributed by atoms with E-state index in [1.54, 1.807) is 0 Å². The van der Waals surface area contributed by atoms with Crippen molar-refractivity contribution < 1.29 is 9.84 Å². The molecule has 1 fully saturated rings. The standard InChI is InChI=1S/C16H19NO2/c17-10-16(18,14-6-7-14)11-19-15-8-5-12-3-1-2-4-13(12)9-15/h1-5,8-9,14,18H,6-7,10-11,17H2. The third-order valence-electron chi connectivity index (χ3n) is 3.90. The molecular formula is C16H19NO2. The molecule has 100 valence electrons. The van der Waals surface area contributed by atoms with Crippen LogP contribution in [-0.2, 0) is 0 Å². The third-order valence-corrected chi connectivity index (χ3v) is 3.90. The molecule has 3 nitrogen and oxygen atoms in total. The second-order valence-corrected chi connectivity index (χ2v) is 5.38. The fourth-order valence-electron chi connectivity index (χ4n) is 2.43. The maximum Gasteiger partial charge on any atom is 0.120 e. The van der Waals surface area contributed by atoms with Gasteiger partial charge in [-0.2, -0.15) is 0 Å². The van der Waals surface area contributed by atoms with Crippen LogP contribution in [-0.4, -0.2) is 23.9 Å². The van der Waals surface area contributed by atoms with E-state index in [1.807, 2.05) is 30.3 Å². The van der Waals surface area contributed by atoms with Gasteiger partial charge < -0.3 is 15.6 Å². The monoisotopic (exact) mass is 257 g/mol. The van der Waals surface area contributed by atoms with Crippen LogP contribution >= 0.6 is 0 Å². The first-order valence-corrected chi connectivity index (χ1v) is 6.75. The van der Waals surface area contributed by atoms with Crippen LogP contribution in [0.2, 0.25) is 0 Å². The molecule has 1 aliphatic rings. The van der Waals surface area contributed by atoms with Crippen molar-refractivity contribution >= 4 is 10.8 Å². The molecule has 2 aromatic carbocycles. The minimum Gasteiger partial charge on any atom is -0.491 e. The number of hydrogen-bond donors (Lipinski definition) is 2. The first kappa shape index (κ1) is 12.5. The molecule has 0 aliphatic heterocycles. The molecule has 0 saturated heterocycles. The third kappa shape index (κ3) is 2.57. The summed E-state index contributed by atoms with van der Waals surface area (Å²) in [6, 6.07) is 14.1. The Bertz CT molecular complexity index is 580. The second kappa shape index (κ2) is 4.83. The predicted molar refractivity (Wildman–Crippen MR) is 76.2 cm³/mol. The van der Waals surface area contributed by atoms with Gasteiger partial charge >= 0.3 is 0 Å². The molecule has 19 heavy (non-hydrogen) atoms. The molecule has 0 amide bonds. The summed E-state index contributed by atoms with van der Waals surface area (Å²) in [7, 11) is 0. The fourth-order valence-corrected chi connectivity index (χ4v) is 2.43. The lowest BCUT2D eigenvalue weighted by molar-refractivity contribution is -0.0162. The van der Waals surface area contributed by atoms with E-state index in [4.69, 9.17) is 10.5 Å². The first-order valence-electron chi connectivity index (χ1n) is 6.75. The van der Waals surface area contributed by atoms with E-state index in [0.29, 0.717) is 5.92 Å². The number of nitrogens with two attached hydrogens (primary N) is 1. The molecule has 0 radical (unpaired) electrons. The minimum absolute atomic E-state index is 0.255. The second-order valence-electron chi connectivity index (χ2n) is 5.38. The number of fused-ring (bicyclic) bond motifs is 1. The van der Waals surface area contributed by atoms with Crippen LogP contribution in [0.3, 0.4) is 0 Å². The van der Waals surface area contributed by atoms with Gasteiger partial charge in [-0.15, -0.1) is 0 Å². The molecule has 1 saturated carbocycles. The fraction of sp³-hybridized carbons (Fsp3) is 0.375. The van der Waals surface area contributed by atoms with Crippen molar-refractivity contribution in [2.75, 3.05) is 13.2 Å². The molecule has 1 atom stereocenters. The molecule has 0 aromatic heterocycles. The van der Waals surface area contributed by atoms with Crippen LogP contribution in [0.25, 0.3) is 10.8 Å². The lowest BCUT2D eigenvalue weighted by atomic mass is 9.99. The van der Waals surface area contributed by atoms with Gasteiger partial charge in [0, 0.05) is 6.54 Å². The highest BCUT2D eigenvalue weighted by Crippen LogP contribution is 2.39. The van der Waals surface area contributed by atoms with Crippen molar-refractivity contribution in [3.63, 3.8) is 0 Å². The van der Waals surface area contributed by atoms with Crippen LogP contribution in [0, 0.1) is 5.92 Å². The van der Waals surface area contributed by atoms with E-state index < -0.39 is 5.60 Å². The van der Waals surface area contributed by atoms with Gasteiger partial charge in [-0.3, -0.25) is 0 Å². The molecule has 3 rings (SSSR count). The summed E-state index contributed by atoms with van der Waals surface area (Å²) in [5.41, 5.74) is 4.80. The van der Waals surface area contributed by atoms with E-state index >= 15 is 0 Å². The van der Waals surface area contributed by atoms with E-state index in [1.165, 1.54) is 5.39 Å². The van der Waals surface area contributed by atoms with Crippen molar-refractivity contribution in [2.24, 2.45) is 11.7 Å². The number of hydrogen-bond acceptors (Lipinski definition) is 3. The Morgan fingerprint density at radius 1 is 1.16 bits per heavy atom. The normalized spacial score (nSPS) is 18.2. The molecular weight excluding hydrogens is 238 g/mol. The van der Waals surface area contributed by atoms with Crippen LogP contribution in [0.5, 0.6) is 5.75 Å². The highest BCUT2D eigenvalue weighted by molar-refractivity contribution is 5.83. The summed E-state index contributed by atoms with van der Waals surface area (Å²) in [5.74, 6) is 1.09. The highest BCUT2D eigenvalue weighted by atomic mass is 16.5. The van der Waals surface area contributed by atoms with E-state index in [0.717, 1.165) is 24.0 Å². The Labute approximate surface area is 113 Å². The number of aliphatic hydroxyl groups is 1. The molecule has 0 spiro atoms. The smallest absolute Gasteiger partial charge is 0.120 e. The van der Waals surface area contributed by atoms with Crippen molar-refractivity contribution in [2.45, 2.75) is 18.4 Å². The maximum absolute atomic E-state index is 10.4. The van der Waals surface area contributed by atoms with E-state index in [9.17, 15) is 5.11 Å². The average molecular weight is 257 g/mol. The van der Waals surface area contributed by atoms with Gasteiger partial charge in [0.2, 0.25) is 0 Å². The summed E-state index contributed by atoms with van der Waals surface area (Å²) in [4.78, 5) is 0. The maximum atomic E-state index is 10.4. The lowest BCUT2D eigenvalue weighted by Gasteiger charge is -2.26. The van der Waals surface area contributed by atoms with Gasteiger partial charge in [0.15, 0.2) is 0 Å². The predicted octanol–water partition coefficient (Wildman–Crippen LogP) is 2.32. The summed E-state index contributed by atoms with van der Waals surface area (Å²) >= 11 is 0. The quantitative estimate of drug-likeness (QED) is 0.864. The SMILES string of the molecule is NCC(O)(COc1ccc2ccccc2c1)C1CC1. The molecule has 3 heteroatoms. The van der Waals surface area contributed by atoms with Crippen LogP contribution in [0.1, 0.15) is 12.8 Å². The van der Waals surface area contributed by atoms with E-state index in [2.05, 4.69) is 12.1 Å². The molecule has 0 bridgehead atoms. The van der Waals surface area contributed by atoms with Crippen LogP contribution in [0.4, 0.5) is 0 Å². The van der Waals surface area contributed by atoms with Gasteiger partial charge in [0.05, 0.1) is 0 Å². The summed E-state index contributed by atoms with van der Waals surface area (Å²) in [6.45, 7) is 0.526. The molecule has 2 aromatic rings. The zero-order valence-corrected chi connectivity index (χ0v) is 10.9. The largest absolute Gasteiger partial charge is 0.491 e. The van der Waals surface area contributed by atoms with Gasteiger partial charge in [-0.05, 0) is 41.7 Å². The Morgan fingerprint density at radius 2 is 1.89 bits per heavy atom. The van der Waals surface area contributed by atoms with Crippen LogP contribution in [0.15, 0.2) is 42.5 Å². The van der Waals surface area contributed by atoms with Crippen molar-refractivity contribution in [3.05, 3.63) is 42.5 Å². The van der Waals surface area contributed by atoms with Crippen molar-refractivity contribution in [1.82, 2.24) is 0 Å². The van der Waals surface area contributed by atoms with Gasteiger partial charge in [-0.25, -0.2) is 0 Å². The Morgan fingerprint density at radius 3 is 2.58 bits per heavy atom. The Balaban J connectivity index is 1.74. The lowest BCUT2D eigenvalue weighted by Crippen LogP contribution is -2.45. The average Bonchev–Trinajstić information content (AvgIpc) is 3.29. The molecule has 1 aliphatic carbocycles. The highest BCUT2D eigenvalue weighted by Gasteiger charge is 2.43. The number of rotatable bonds is 5. The summed E-state index contributed by atoms with van der Waals surface area (Å²) in [6.07, 6.45) is 2.10. The van der Waals surface area contributed by atoms with Gasteiger partial charge in [0.25, 0.3) is 0 Å². The number of benzene rings is 2. The zero-order valence-electron chi connectivity index (χ0n) is 10.9. The minimum atomic E-state index is -0.869. The van der Waals surface area contributed by atoms with Crippen molar-refractivity contribution in [1.29, 1.82) is 0 Å². The van der Waals surface area contributed by atoms with Crippen LogP contribution < -0.4 is 10.5 Å². The molecule has 0 heterocycles. The molecule has 1 unspecified atom stereocenters. The topological polar surface area (TPSA) is 55.5 Å².